The van der Waals surface area contributed by atoms with E-state index < -0.39 is 0 Å². The number of hydrogen-bond donors (Lipinski definition) is 3. The molecule has 0 aromatic heterocycles. The maximum atomic E-state index is 11.2. The van der Waals surface area contributed by atoms with E-state index in [-0.39, 0.29) is 11.8 Å². The van der Waals surface area contributed by atoms with Crippen LogP contribution in [-0.2, 0) is 4.79 Å². The summed E-state index contributed by atoms with van der Waals surface area (Å²) in [6.45, 7) is 6.93. The van der Waals surface area contributed by atoms with E-state index in [4.69, 9.17) is 5.73 Å². The first kappa shape index (κ1) is 18.8. The lowest BCUT2D eigenvalue weighted by Crippen LogP contribution is -2.42. The van der Waals surface area contributed by atoms with Crippen LogP contribution in [0.3, 0.4) is 0 Å². The Morgan fingerprint density at radius 3 is 2.58 bits per heavy atom. The van der Waals surface area contributed by atoms with Gasteiger partial charge in [0.05, 0.1) is 0 Å². The van der Waals surface area contributed by atoms with Gasteiger partial charge >= 0.3 is 0 Å². The molecule has 2 aliphatic rings. The van der Waals surface area contributed by atoms with Gasteiger partial charge in [-0.2, -0.15) is 0 Å². The zero-order chi connectivity index (χ0) is 17.2. The van der Waals surface area contributed by atoms with Gasteiger partial charge in [0, 0.05) is 25.0 Å². The number of carbonyl (C=O) groups excluding carboxylic acids is 1. The van der Waals surface area contributed by atoms with Crippen molar-refractivity contribution in [2.75, 3.05) is 32.7 Å². The topological polar surface area (TPSA) is 82.8 Å². The molecule has 1 fully saturated rings. The summed E-state index contributed by atoms with van der Waals surface area (Å²) < 4.78 is 0. The molecule has 6 heteroatoms. The van der Waals surface area contributed by atoms with Crippen molar-refractivity contribution >= 4 is 11.9 Å². The fraction of sp³-hybridized carbons (Fsp3) is 0.778. The van der Waals surface area contributed by atoms with E-state index in [1.807, 2.05) is 0 Å². The predicted octanol–water partition coefficient (Wildman–Crippen LogP) is 1.24. The third-order valence-electron chi connectivity index (χ3n) is 4.84. The second kappa shape index (κ2) is 10.3. The molecular formula is C18H33N5O. The van der Waals surface area contributed by atoms with Crippen LogP contribution in [0, 0.1) is 5.92 Å². The number of guanidine groups is 1. The van der Waals surface area contributed by atoms with Crippen molar-refractivity contribution in [3.05, 3.63) is 12.2 Å². The number of rotatable bonds is 8. The second-order valence-electron chi connectivity index (χ2n) is 6.77. The Balaban J connectivity index is 1.59. The minimum Gasteiger partial charge on any atom is -0.369 e. The fourth-order valence-electron chi connectivity index (χ4n) is 3.33. The standard InChI is InChI=1S/C18H33N5O/c1-2-20-18(22-16-7-3-4-8-16)21-11-5-6-12-23-13-9-15(10-14-23)17(19)24/h3-4,15-16H,2,5-14H2,1H3,(H2,19,24)(H2,20,21,22). The van der Waals surface area contributed by atoms with Gasteiger partial charge in [0.1, 0.15) is 0 Å². The number of amides is 1. The van der Waals surface area contributed by atoms with Crippen molar-refractivity contribution in [2.45, 2.75) is 51.5 Å². The molecule has 1 heterocycles. The molecule has 2 rings (SSSR count). The van der Waals surface area contributed by atoms with E-state index in [0.29, 0.717) is 6.04 Å². The summed E-state index contributed by atoms with van der Waals surface area (Å²) in [6, 6.07) is 0.495. The molecular weight excluding hydrogens is 302 g/mol. The molecule has 0 saturated carbocycles. The van der Waals surface area contributed by atoms with E-state index in [9.17, 15) is 4.79 Å². The minimum absolute atomic E-state index is 0.0877. The summed E-state index contributed by atoms with van der Waals surface area (Å²) in [4.78, 5) is 18.3. The molecule has 0 aromatic rings. The highest BCUT2D eigenvalue weighted by Crippen LogP contribution is 2.16. The summed E-state index contributed by atoms with van der Waals surface area (Å²) in [5.74, 6) is 0.892. The highest BCUT2D eigenvalue weighted by Gasteiger charge is 2.22. The number of unbranched alkanes of at least 4 members (excludes halogenated alkanes) is 1. The summed E-state index contributed by atoms with van der Waals surface area (Å²) in [6.07, 6.45) is 10.7. The Kier molecular flexibility index (Phi) is 8.08. The van der Waals surface area contributed by atoms with Gasteiger partial charge in [0.25, 0.3) is 0 Å². The van der Waals surface area contributed by atoms with Crippen LogP contribution in [-0.4, -0.2) is 55.5 Å². The van der Waals surface area contributed by atoms with Gasteiger partial charge in [-0.25, -0.2) is 0 Å². The van der Waals surface area contributed by atoms with Crippen molar-refractivity contribution in [2.24, 2.45) is 16.6 Å². The molecule has 1 aliphatic carbocycles. The van der Waals surface area contributed by atoms with Gasteiger partial charge in [-0.15, -0.1) is 0 Å². The Labute approximate surface area is 145 Å². The zero-order valence-electron chi connectivity index (χ0n) is 15.0. The lowest BCUT2D eigenvalue weighted by atomic mass is 9.96. The molecule has 0 aromatic carbocycles. The van der Waals surface area contributed by atoms with Crippen molar-refractivity contribution in [3.8, 4) is 0 Å². The Bertz CT molecular complexity index is 433. The Hall–Kier alpha value is -1.56. The third kappa shape index (κ3) is 6.51. The average molecular weight is 335 g/mol. The van der Waals surface area contributed by atoms with Crippen LogP contribution >= 0.6 is 0 Å². The summed E-state index contributed by atoms with van der Waals surface area (Å²) in [7, 11) is 0. The van der Waals surface area contributed by atoms with Crippen molar-refractivity contribution in [3.63, 3.8) is 0 Å². The SMILES string of the molecule is CCNC(=NCCCCN1CCC(C(N)=O)CC1)NC1CC=CC1. The number of primary amides is 1. The maximum absolute atomic E-state index is 11.2. The molecule has 0 radical (unpaired) electrons. The van der Waals surface area contributed by atoms with Crippen LogP contribution < -0.4 is 16.4 Å². The maximum Gasteiger partial charge on any atom is 0.220 e. The number of nitrogens with two attached hydrogens (primary N) is 1. The lowest BCUT2D eigenvalue weighted by molar-refractivity contribution is -0.123. The monoisotopic (exact) mass is 335 g/mol. The van der Waals surface area contributed by atoms with Crippen LogP contribution in [0.1, 0.15) is 45.4 Å². The lowest BCUT2D eigenvalue weighted by Gasteiger charge is -2.30. The molecule has 1 saturated heterocycles. The quantitative estimate of drug-likeness (QED) is 0.270. The van der Waals surface area contributed by atoms with Crippen LogP contribution in [0.15, 0.2) is 17.1 Å². The number of aliphatic imine (C=N–C) groups is 1. The van der Waals surface area contributed by atoms with Crippen molar-refractivity contribution in [1.29, 1.82) is 0 Å². The van der Waals surface area contributed by atoms with Crippen molar-refractivity contribution in [1.82, 2.24) is 15.5 Å². The molecule has 6 nitrogen and oxygen atoms in total. The van der Waals surface area contributed by atoms with Crippen LogP contribution in [0.2, 0.25) is 0 Å². The van der Waals surface area contributed by atoms with E-state index in [1.54, 1.807) is 0 Å². The van der Waals surface area contributed by atoms with Crippen LogP contribution in [0.4, 0.5) is 0 Å². The molecule has 0 unspecified atom stereocenters. The van der Waals surface area contributed by atoms with Gasteiger partial charge < -0.3 is 21.3 Å². The summed E-state index contributed by atoms with van der Waals surface area (Å²) in [5.41, 5.74) is 5.38. The smallest absolute Gasteiger partial charge is 0.220 e. The van der Waals surface area contributed by atoms with Gasteiger partial charge in [-0.05, 0) is 65.1 Å². The number of likely N-dealkylation sites (tertiary alicyclic amines) is 1. The number of carbonyl (C=O) groups is 1. The number of piperidine rings is 1. The van der Waals surface area contributed by atoms with Gasteiger partial charge in [-0.1, -0.05) is 12.2 Å². The van der Waals surface area contributed by atoms with E-state index in [0.717, 1.165) is 77.2 Å². The highest BCUT2D eigenvalue weighted by molar-refractivity contribution is 5.80. The van der Waals surface area contributed by atoms with E-state index in [1.165, 1.54) is 0 Å². The summed E-state index contributed by atoms with van der Waals surface area (Å²) in [5, 5.41) is 6.82. The molecule has 0 atom stereocenters. The third-order valence-corrected chi connectivity index (χ3v) is 4.84. The first-order chi connectivity index (χ1) is 11.7. The Morgan fingerprint density at radius 2 is 1.96 bits per heavy atom. The number of nitrogens with one attached hydrogen (secondary N) is 2. The first-order valence-electron chi connectivity index (χ1n) is 9.40. The molecule has 24 heavy (non-hydrogen) atoms. The van der Waals surface area contributed by atoms with Crippen LogP contribution in [0.25, 0.3) is 0 Å². The largest absolute Gasteiger partial charge is 0.369 e. The molecule has 1 aliphatic heterocycles. The van der Waals surface area contributed by atoms with Gasteiger partial charge in [-0.3, -0.25) is 9.79 Å². The minimum atomic E-state index is -0.134. The normalized spacial score (nSPS) is 20.5. The molecule has 1 amide bonds. The van der Waals surface area contributed by atoms with Gasteiger partial charge in [0.15, 0.2) is 5.96 Å². The Morgan fingerprint density at radius 1 is 1.25 bits per heavy atom. The number of hydrogen-bond acceptors (Lipinski definition) is 3. The first-order valence-corrected chi connectivity index (χ1v) is 9.40. The molecule has 136 valence electrons. The molecule has 4 N–H and O–H groups in total. The van der Waals surface area contributed by atoms with Crippen LogP contribution in [0.5, 0.6) is 0 Å². The predicted molar refractivity (Wildman–Crippen MR) is 98.9 cm³/mol. The van der Waals surface area contributed by atoms with Gasteiger partial charge in [0.2, 0.25) is 5.91 Å². The zero-order valence-corrected chi connectivity index (χ0v) is 15.0. The fourth-order valence-corrected chi connectivity index (χ4v) is 3.33. The second-order valence-corrected chi connectivity index (χ2v) is 6.77. The molecule has 0 bridgehead atoms. The number of nitrogens with zero attached hydrogens (tertiary/aromatic N) is 2. The van der Waals surface area contributed by atoms with E-state index in [2.05, 4.69) is 39.6 Å². The molecule has 0 spiro atoms. The average Bonchev–Trinajstić information content (AvgIpc) is 3.08. The highest BCUT2D eigenvalue weighted by atomic mass is 16.1. The van der Waals surface area contributed by atoms with E-state index >= 15 is 0 Å². The van der Waals surface area contributed by atoms with Crippen molar-refractivity contribution < 1.29 is 4.79 Å². The summed E-state index contributed by atoms with van der Waals surface area (Å²) >= 11 is 0.